The van der Waals surface area contributed by atoms with Gasteiger partial charge < -0.3 is 23.7 Å². The Bertz CT molecular complexity index is 1060. The molecule has 0 unspecified atom stereocenters. The highest BCUT2D eigenvalue weighted by atomic mass is 16.5. The van der Waals surface area contributed by atoms with Crippen LogP contribution in [0.2, 0.25) is 0 Å². The summed E-state index contributed by atoms with van der Waals surface area (Å²) in [6, 6.07) is 8.60. The standard InChI is InChI=1S/C23H23NO7/c1-27-17-7-6-13(10-18(17)28-2)8-15-16(23(26)24-22(15)25)9-14-11-19(29-3)21(31-5)20(12-14)30-4/h6-12H,1-5H3,(H,24,25,26)/b15-8+,16-9+. The number of nitrogens with one attached hydrogen (secondary N) is 1. The summed E-state index contributed by atoms with van der Waals surface area (Å²) in [6.45, 7) is 0. The Kier molecular flexibility index (Phi) is 6.49. The number of ether oxygens (including phenoxy) is 5. The van der Waals surface area contributed by atoms with Crippen LogP contribution in [0.25, 0.3) is 12.2 Å². The second-order valence-electron chi connectivity index (χ2n) is 6.47. The van der Waals surface area contributed by atoms with E-state index in [1.54, 1.807) is 42.5 Å². The Balaban J connectivity index is 2.09. The van der Waals surface area contributed by atoms with E-state index in [1.807, 2.05) is 0 Å². The summed E-state index contributed by atoms with van der Waals surface area (Å²) in [4.78, 5) is 24.9. The molecule has 31 heavy (non-hydrogen) atoms. The molecule has 0 aromatic heterocycles. The lowest BCUT2D eigenvalue weighted by Gasteiger charge is -2.13. The van der Waals surface area contributed by atoms with Crippen molar-refractivity contribution in [2.75, 3.05) is 35.5 Å². The maximum Gasteiger partial charge on any atom is 0.258 e. The first-order chi connectivity index (χ1) is 14.9. The molecule has 1 aliphatic rings. The molecule has 3 rings (SSSR count). The summed E-state index contributed by atoms with van der Waals surface area (Å²) in [5, 5.41) is 2.33. The molecule has 0 bridgehead atoms. The fraction of sp³-hybridized carbons (Fsp3) is 0.217. The SMILES string of the molecule is COc1ccc(/C=C2/C(=O)NC(=O)/C2=C/c2cc(OC)c(OC)c(OC)c2)cc1OC. The van der Waals surface area contributed by atoms with E-state index in [0.717, 1.165) is 0 Å². The van der Waals surface area contributed by atoms with Gasteiger partial charge in [0, 0.05) is 0 Å². The lowest BCUT2D eigenvalue weighted by molar-refractivity contribution is -0.123. The highest BCUT2D eigenvalue weighted by molar-refractivity contribution is 6.28. The van der Waals surface area contributed by atoms with Gasteiger partial charge in [-0.25, -0.2) is 0 Å². The van der Waals surface area contributed by atoms with E-state index >= 15 is 0 Å². The summed E-state index contributed by atoms with van der Waals surface area (Å²) in [5.74, 6) is 1.39. The van der Waals surface area contributed by atoms with Crippen LogP contribution in [0.1, 0.15) is 11.1 Å². The average Bonchev–Trinajstić information content (AvgIpc) is 3.04. The van der Waals surface area contributed by atoms with Crippen molar-refractivity contribution >= 4 is 24.0 Å². The molecule has 2 aromatic carbocycles. The number of carbonyl (C=O) groups excluding carboxylic acids is 2. The fourth-order valence-electron chi connectivity index (χ4n) is 3.23. The molecule has 8 nitrogen and oxygen atoms in total. The van der Waals surface area contributed by atoms with Crippen LogP contribution in [0.4, 0.5) is 0 Å². The number of hydrogen-bond donors (Lipinski definition) is 1. The molecule has 1 saturated heterocycles. The number of amides is 2. The number of imide groups is 1. The van der Waals surface area contributed by atoms with Crippen molar-refractivity contribution in [2.24, 2.45) is 0 Å². The third-order valence-electron chi connectivity index (χ3n) is 4.72. The minimum absolute atomic E-state index is 0.217. The molecule has 2 aromatic rings. The maximum atomic E-state index is 12.5. The van der Waals surface area contributed by atoms with Gasteiger partial charge in [-0.05, 0) is 47.5 Å². The third kappa shape index (κ3) is 4.32. The third-order valence-corrected chi connectivity index (χ3v) is 4.72. The van der Waals surface area contributed by atoms with Crippen LogP contribution in [-0.4, -0.2) is 47.4 Å². The van der Waals surface area contributed by atoms with E-state index in [9.17, 15) is 9.59 Å². The molecule has 8 heteroatoms. The molecule has 1 aliphatic heterocycles. The number of hydrogen-bond acceptors (Lipinski definition) is 7. The summed E-state index contributed by atoms with van der Waals surface area (Å²) >= 11 is 0. The van der Waals surface area contributed by atoms with E-state index in [1.165, 1.54) is 35.5 Å². The van der Waals surface area contributed by atoms with Crippen LogP contribution < -0.4 is 29.0 Å². The molecule has 0 radical (unpaired) electrons. The van der Waals surface area contributed by atoms with Crippen molar-refractivity contribution in [3.8, 4) is 28.7 Å². The first kappa shape index (κ1) is 21.8. The first-order valence-corrected chi connectivity index (χ1v) is 9.27. The molecule has 162 valence electrons. The largest absolute Gasteiger partial charge is 0.493 e. The van der Waals surface area contributed by atoms with Gasteiger partial charge in [-0.2, -0.15) is 0 Å². The zero-order valence-electron chi connectivity index (χ0n) is 17.9. The van der Waals surface area contributed by atoms with Crippen molar-refractivity contribution in [2.45, 2.75) is 0 Å². The van der Waals surface area contributed by atoms with Crippen LogP contribution >= 0.6 is 0 Å². The highest BCUT2D eigenvalue weighted by Gasteiger charge is 2.30. The van der Waals surface area contributed by atoms with Crippen molar-refractivity contribution in [3.63, 3.8) is 0 Å². The molecule has 1 fully saturated rings. The first-order valence-electron chi connectivity index (χ1n) is 9.27. The average molecular weight is 425 g/mol. The monoisotopic (exact) mass is 425 g/mol. The van der Waals surface area contributed by atoms with Gasteiger partial charge in [0.2, 0.25) is 5.75 Å². The Morgan fingerprint density at radius 2 is 1.10 bits per heavy atom. The molecule has 0 aliphatic carbocycles. The van der Waals surface area contributed by atoms with Gasteiger partial charge in [0.1, 0.15) is 0 Å². The number of carbonyl (C=O) groups is 2. The molecule has 1 N–H and O–H groups in total. The minimum Gasteiger partial charge on any atom is -0.493 e. The summed E-state index contributed by atoms with van der Waals surface area (Å²) in [7, 11) is 7.57. The van der Waals surface area contributed by atoms with Gasteiger partial charge in [0.15, 0.2) is 23.0 Å². The van der Waals surface area contributed by atoms with Gasteiger partial charge in [0.05, 0.1) is 46.7 Å². The zero-order valence-corrected chi connectivity index (χ0v) is 17.9. The number of methoxy groups -OCH3 is 5. The van der Waals surface area contributed by atoms with Crippen molar-refractivity contribution in [1.29, 1.82) is 0 Å². The van der Waals surface area contributed by atoms with Gasteiger partial charge in [-0.1, -0.05) is 6.07 Å². The molecule has 2 amide bonds. The maximum absolute atomic E-state index is 12.5. The molecule has 0 atom stereocenters. The minimum atomic E-state index is -0.495. The predicted octanol–water partition coefficient (Wildman–Crippen LogP) is 2.85. The predicted molar refractivity (Wildman–Crippen MR) is 115 cm³/mol. The van der Waals surface area contributed by atoms with Crippen molar-refractivity contribution in [3.05, 3.63) is 52.6 Å². The molecule has 1 heterocycles. The summed E-state index contributed by atoms with van der Waals surface area (Å²) in [6.07, 6.45) is 3.21. The van der Waals surface area contributed by atoms with E-state index in [4.69, 9.17) is 23.7 Å². The van der Waals surface area contributed by atoms with Crippen LogP contribution in [0, 0.1) is 0 Å². The lowest BCUT2D eigenvalue weighted by Crippen LogP contribution is -2.19. The van der Waals surface area contributed by atoms with Crippen LogP contribution in [0.15, 0.2) is 41.5 Å². The molecule has 0 saturated carbocycles. The topological polar surface area (TPSA) is 92.3 Å². The van der Waals surface area contributed by atoms with Crippen LogP contribution in [0.3, 0.4) is 0 Å². The lowest BCUT2D eigenvalue weighted by atomic mass is 10.0. The highest BCUT2D eigenvalue weighted by Crippen LogP contribution is 2.39. The molecule has 0 spiro atoms. The molecular formula is C23H23NO7. The van der Waals surface area contributed by atoms with E-state index in [2.05, 4.69) is 5.32 Å². The van der Waals surface area contributed by atoms with E-state index in [0.29, 0.717) is 39.9 Å². The normalized spacial score (nSPS) is 15.8. The number of benzene rings is 2. The van der Waals surface area contributed by atoms with E-state index < -0.39 is 11.8 Å². The van der Waals surface area contributed by atoms with E-state index in [-0.39, 0.29) is 11.1 Å². The van der Waals surface area contributed by atoms with Gasteiger partial charge in [0.25, 0.3) is 11.8 Å². The summed E-state index contributed by atoms with van der Waals surface area (Å²) < 4.78 is 26.6. The Morgan fingerprint density at radius 3 is 1.58 bits per heavy atom. The Labute approximate surface area is 180 Å². The fourth-order valence-corrected chi connectivity index (χ4v) is 3.23. The second kappa shape index (κ2) is 9.25. The molecular weight excluding hydrogens is 402 g/mol. The van der Waals surface area contributed by atoms with Crippen LogP contribution in [0.5, 0.6) is 28.7 Å². The number of rotatable bonds is 7. The quantitative estimate of drug-likeness (QED) is 0.539. The summed E-state index contributed by atoms with van der Waals surface area (Å²) in [5.41, 5.74) is 1.72. The Hall–Kier alpha value is -3.94. The van der Waals surface area contributed by atoms with Crippen LogP contribution in [-0.2, 0) is 9.59 Å². The van der Waals surface area contributed by atoms with Gasteiger partial charge in [-0.15, -0.1) is 0 Å². The smallest absolute Gasteiger partial charge is 0.258 e. The van der Waals surface area contributed by atoms with Gasteiger partial charge in [-0.3, -0.25) is 14.9 Å². The zero-order chi connectivity index (χ0) is 22.5. The second-order valence-corrected chi connectivity index (χ2v) is 6.47. The van der Waals surface area contributed by atoms with Crippen molar-refractivity contribution in [1.82, 2.24) is 5.32 Å². The van der Waals surface area contributed by atoms with Gasteiger partial charge >= 0.3 is 0 Å². The Morgan fingerprint density at radius 1 is 0.613 bits per heavy atom. The van der Waals surface area contributed by atoms with Crippen molar-refractivity contribution < 1.29 is 33.3 Å².